The fraction of sp³-hybridized carbons (Fsp3) is 0.357. The van der Waals surface area contributed by atoms with Gasteiger partial charge in [-0.05, 0) is 17.7 Å². The summed E-state index contributed by atoms with van der Waals surface area (Å²) in [7, 11) is 0. The van der Waals surface area contributed by atoms with Crippen LogP contribution in [0, 0.1) is 5.92 Å². The lowest BCUT2D eigenvalue weighted by Gasteiger charge is -2.24. The molecule has 2 rings (SSSR count). The fourth-order valence-corrected chi connectivity index (χ4v) is 2.29. The van der Waals surface area contributed by atoms with Crippen molar-refractivity contribution in [1.29, 1.82) is 0 Å². The zero-order valence-corrected chi connectivity index (χ0v) is 10.5. The first-order valence-corrected chi connectivity index (χ1v) is 6.15. The Morgan fingerprint density at radius 3 is 2.79 bits per heavy atom. The molecule has 1 aliphatic heterocycles. The summed E-state index contributed by atoms with van der Waals surface area (Å²) >= 11 is 0. The summed E-state index contributed by atoms with van der Waals surface area (Å²) in [6.07, 6.45) is 5.60. The van der Waals surface area contributed by atoms with Crippen molar-refractivity contribution in [2.45, 2.75) is 18.9 Å². The van der Waals surface area contributed by atoms with E-state index in [2.05, 4.69) is 11.6 Å². The van der Waals surface area contributed by atoms with Crippen LogP contribution in [0.4, 0.5) is 0 Å². The molecule has 1 saturated heterocycles. The lowest BCUT2D eigenvalue weighted by Crippen LogP contribution is -2.43. The van der Waals surface area contributed by atoms with Gasteiger partial charge in [-0.3, -0.25) is 9.78 Å². The van der Waals surface area contributed by atoms with Crippen molar-refractivity contribution in [3.05, 3.63) is 42.7 Å². The molecule has 1 N–H and O–H groups in total. The predicted octanol–water partition coefficient (Wildman–Crippen LogP) is 1.11. The van der Waals surface area contributed by atoms with Crippen molar-refractivity contribution in [2.75, 3.05) is 6.54 Å². The molecular formula is C14H16N2O3. The molecule has 0 aliphatic carbocycles. The van der Waals surface area contributed by atoms with Crippen molar-refractivity contribution in [1.82, 2.24) is 9.88 Å². The molecule has 2 atom stereocenters. The number of aliphatic carboxylic acids is 1. The lowest BCUT2D eigenvalue weighted by atomic mass is 10.1. The molecule has 0 bridgehead atoms. The van der Waals surface area contributed by atoms with Gasteiger partial charge in [-0.1, -0.05) is 6.08 Å². The summed E-state index contributed by atoms with van der Waals surface area (Å²) in [5.41, 5.74) is 0.859. The van der Waals surface area contributed by atoms with E-state index in [0.29, 0.717) is 19.4 Å². The van der Waals surface area contributed by atoms with Crippen molar-refractivity contribution in [2.24, 2.45) is 5.92 Å². The van der Waals surface area contributed by atoms with Gasteiger partial charge in [0.1, 0.15) is 6.04 Å². The van der Waals surface area contributed by atoms with Gasteiger partial charge in [0.2, 0.25) is 5.91 Å². The molecular weight excluding hydrogens is 244 g/mol. The minimum Gasteiger partial charge on any atom is -0.480 e. The molecule has 1 aromatic rings. The molecule has 1 aromatic heterocycles. The molecule has 19 heavy (non-hydrogen) atoms. The number of hydrogen-bond donors (Lipinski definition) is 1. The van der Waals surface area contributed by atoms with Crippen LogP contribution >= 0.6 is 0 Å². The first-order chi connectivity index (χ1) is 9.11. The maximum atomic E-state index is 11.9. The molecule has 100 valence electrons. The van der Waals surface area contributed by atoms with Gasteiger partial charge < -0.3 is 10.0 Å². The Kier molecular flexibility index (Phi) is 3.94. The molecule has 0 radical (unpaired) electrons. The number of nitrogens with zero attached hydrogens (tertiary/aromatic N) is 2. The van der Waals surface area contributed by atoms with Crippen LogP contribution in [0.15, 0.2) is 37.2 Å². The average molecular weight is 260 g/mol. The van der Waals surface area contributed by atoms with Gasteiger partial charge in [0, 0.05) is 37.7 Å². The molecule has 1 fully saturated rings. The van der Waals surface area contributed by atoms with Crippen LogP contribution in [0.2, 0.25) is 0 Å². The normalized spacial score (nSPS) is 20.3. The monoisotopic (exact) mass is 260 g/mol. The third-order valence-corrected chi connectivity index (χ3v) is 3.36. The number of amides is 1. The Morgan fingerprint density at radius 2 is 2.26 bits per heavy atom. The number of likely N-dealkylation sites (tertiary alicyclic amines) is 1. The minimum atomic E-state index is -0.977. The van der Waals surface area contributed by atoms with Gasteiger partial charge >= 0.3 is 5.97 Å². The Labute approximate surface area is 111 Å². The summed E-state index contributed by atoms with van der Waals surface area (Å²) in [5, 5.41) is 9.34. The zero-order valence-electron chi connectivity index (χ0n) is 10.5. The Balaban J connectivity index is 2.15. The predicted molar refractivity (Wildman–Crippen MR) is 69.4 cm³/mol. The second-order valence-electron chi connectivity index (χ2n) is 4.66. The summed E-state index contributed by atoms with van der Waals surface area (Å²) in [6, 6.07) is 2.71. The van der Waals surface area contributed by atoms with Gasteiger partial charge in [-0.25, -0.2) is 4.79 Å². The standard InChI is InChI=1S/C14H16N2O3/c1-2-10-8-13(17)16(9-10)12(14(18)19)7-11-3-5-15-6-4-11/h2-6,10,12H,1,7-9H2,(H,18,19). The third kappa shape index (κ3) is 2.99. The number of carbonyl (C=O) groups excluding carboxylic acids is 1. The first kappa shape index (κ1) is 13.3. The van der Waals surface area contributed by atoms with Crippen LogP contribution in [-0.4, -0.2) is 39.5 Å². The molecule has 5 nitrogen and oxygen atoms in total. The van der Waals surface area contributed by atoms with Gasteiger partial charge in [0.05, 0.1) is 0 Å². The minimum absolute atomic E-state index is 0.0480. The first-order valence-electron chi connectivity index (χ1n) is 6.15. The maximum Gasteiger partial charge on any atom is 0.326 e. The second kappa shape index (κ2) is 5.65. The summed E-state index contributed by atoms with van der Waals surface area (Å²) < 4.78 is 0. The molecule has 0 aromatic carbocycles. The lowest BCUT2D eigenvalue weighted by molar-refractivity contribution is -0.148. The van der Waals surface area contributed by atoms with E-state index in [9.17, 15) is 14.7 Å². The van der Waals surface area contributed by atoms with Crippen molar-refractivity contribution in [3.8, 4) is 0 Å². The number of hydrogen-bond acceptors (Lipinski definition) is 3. The maximum absolute atomic E-state index is 11.9. The topological polar surface area (TPSA) is 70.5 Å². The van der Waals surface area contributed by atoms with Gasteiger partial charge in [0.15, 0.2) is 0 Å². The SMILES string of the molecule is C=CC1CC(=O)N(C(Cc2ccncc2)C(=O)O)C1. The van der Waals surface area contributed by atoms with Crippen LogP contribution in [0.25, 0.3) is 0 Å². The summed E-state index contributed by atoms with van der Waals surface area (Å²) in [5.74, 6) is -1.05. The van der Waals surface area contributed by atoms with E-state index in [-0.39, 0.29) is 11.8 Å². The molecule has 0 saturated carbocycles. The highest BCUT2D eigenvalue weighted by Gasteiger charge is 2.36. The molecule has 2 unspecified atom stereocenters. The largest absolute Gasteiger partial charge is 0.480 e. The highest BCUT2D eigenvalue weighted by molar-refractivity contribution is 5.85. The number of carboxylic acids is 1. The zero-order chi connectivity index (χ0) is 13.8. The van der Waals surface area contributed by atoms with E-state index in [0.717, 1.165) is 5.56 Å². The molecule has 5 heteroatoms. The molecule has 1 amide bonds. The van der Waals surface area contributed by atoms with Crippen molar-refractivity contribution in [3.63, 3.8) is 0 Å². The fourth-order valence-electron chi connectivity index (χ4n) is 2.29. The Bertz CT molecular complexity index is 487. The van der Waals surface area contributed by atoms with E-state index in [1.54, 1.807) is 30.6 Å². The number of carbonyl (C=O) groups is 2. The smallest absolute Gasteiger partial charge is 0.326 e. The second-order valence-corrected chi connectivity index (χ2v) is 4.66. The quantitative estimate of drug-likeness (QED) is 0.805. The Morgan fingerprint density at radius 1 is 1.58 bits per heavy atom. The Hall–Kier alpha value is -2.17. The van der Waals surface area contributed by atoms with Gasteiger partial charge in [0.25, 0.3) is 0 Å². The van der Waals surface area contributed by atoms with Gasteiger partial charge in [-0.15, -0.1) is 6.58 Å². The van der Waals surface area contributed by atoms with E-state index >= 15 is 0 Å². The summed E-state index contributed by atoms with van der Waals surface area (Å²) in [6.45, 7) is 4.10. The molecule has 0 spiro atoms. The third-order valence-electron chi connectivity index (χ3n) is 3.36. The van der Waals surface area contributed by atoms with Crippen molar-refractivity contribution < 1.29 is 14.7 Å². The molecule has 2 heterocycles. The number of pyridine rings is 1. The molecule has 1 aliphatic rings. The highest BCUT2D eigenvalue weighted by Crippen LogP contribution is 2.22. The van der Waals surface area contributed by atoms with Crippen LogP contribution < -0.4 is 0 Å². The van der Waals surface area contributed by atoms with Gasteiger partial charge in [-0.2, -0.15) is 0 Å². The van der Waals surface area contributed by atoms with Crippen LogP contribution in [0.3, 0.4) is 0 Å². The van der Waals surface area contributed by atoms with E-state index in [1.165, 1.54) is 4.90 Å². The number of carboxylic acid groups (broad SMARTS) is 1. The highest BCUT2D eigenvalue weighted by atomic mass is 16.4. The van der Waals surface area contributed by atoms with E-state index in [1.807, 2.05) is 0 Å². The number of rotatable bonds is 5. The number of aromatic nitrogens is 1. The van der Waals surface area contributed by atoms with E-state index < -0.39 is 12.0 Å². The van der Waals surface area contributed by atoms with Crippen molar-refractivity contribution >= 4 is 11.9 Å². The van der Waals surface area contributed by atoms with Crippen LogP contribution in [0.1, 0.15) is 12.0 Å². The summed E-state index contributed by atoms with van der Waals surface area (Å²) in [4.78, 5) is 28.6. The average Bonchev–Trinajstić information content (AvgIpc) is 2.78. The van der Waals surface area contributed by atoms with E-state index in [4.69, 9.17) is 0 Å². The van der Waals surface area contributed by atoms with Crippen LogP contribution in [-0.2, 0) is 16.0 Å². The van der Waals surface area contributed by atoms with Crippen LogP contribution in [0.5, 0.6) is 0 Å².